The van der Waals surface area contributed by atoms with Crippen LogP contribution in [0, 0.1) is 0 Å². The summed E-state index contributed by atoms with van der Waals surface area (Å²) in [6.45, 7) is 2.38. The maximum Gasteiger partial charge on any atom is 0.416 e. The van der Waals surface area contributed by atoms with Crippen LogP contribution in [-0.4, -0.2) is 17.7 Å². The van der Waals surface area contributed by atoms with Gasteiger partial charge in [-0.25, -0.2) is 0 Å². The number of benzene rings is 1. The minimum atomic E-state index is -4.37. The molecule has 0 aromatic heterocycles. The van der Waals surface area contributed by atoms with Crippen LogP contribution in [0.15, 0.2) is 24.3 Å². The SMILES string of the molecule is CC1NCCC1(O)c1cccc(C(F)(F)F)c1.Cl. The predicted molar refractivity (Wildman–Crippen MR) is 64.7 cm³/mol. The number of rotatable bonds is 1. The van der Waals surface area contributed by atoms with Crippen LogP contribution in [0.2, 0.25) is 0 Å². The van der Waals surface area contributed by atoms with E-state index in [9.17, 15) is 18.3 Å². The summed E-state index contributed by atoms with van der Waals surface area (Å²) in [5, 5.41) is 13.4. The van der Waals surface area contributed by atoms with Gasteiger partial charge in [-0.2, -0.15) is 13.2 Å². The molecule has 1 heterocycles. The third-order valence-electron chi connectivity index (χ3n) is 3.36. The van der Waals surface area contributed by atoms with Crippen LogP contribution in [0.4, 0.5) is 13.2 Å². The van der Waals surface area contributed by atoms with E-state index in [1.807, 2.05) is 0 Å². The van der Waals surface area contributed by atoms with Gasteiger partial charge in [0.1, 0.15) is 5.60 Å². The zero-order valence-corrected chi connectivity index (χ0v) is 10.6. The zero-order chi connectivity index (χ0) is 12.7. The average Bonchev–Trinajstić information content (AvgIpc) is 2.60. The van der Waals surface area contributed by atoms with Crippen molar-refractivity contribution in [3.8, 4) is 0 Å². The van der Waals surface area contributed by atoms with E-state index in [2.05, 4.69) is 5.32 Å². The quantitative estimate of drug-likeness (QED) is 0.829. The van der Waals surface area contributed by atoms with Crippen LogP contribution in [0.3, 0.4) is 0 Å². The third-order valence-corrected chi connectivity index (χ3v) is 3.36. The fraction of sp³-hybridized carbons (Fsp3) is 0.500. The molecule has 1 fully saturated rings. The van der Waals surface area contributed by atoms with Crippen molar-refractivity contribution in [2.75, 3.05) is 6.54 Å². The number of halogens is 4. The molecule has 1 aromatic carbocycles. The van der Waals surface area contributed by atoms with Crippen LogP contribution in [0.1, 0.15) is 24.5 Å². The second-order valence-electron chi connectivity index (χ2n) is 4.43. The number of alkyl halides is 3. The molecule has 2 rings (SSSR count). The Balaban J connectivity index is 0.00000162. The molecule has 2 N–H and O–H groups in total. The fourth-order valence-corrected chi connectivity index (χ4v) is 2.22. The second-order valence-corrected chi connectivity index (χ2v) is 4.43. The van der Waals surface area contributed by atoms with Crippen molar-refractivity contribution in [2.45, 2.75) is 31.2 Å². The first kappa shape index (κ1) is 15.3. The molecule has 2 atom stereocenters. The lowest BCUT2D eigenvalue weighted by Crippen LogP contribution is -2.37. The summed E-state index contributed by atoms with van der Waals surface area (Å²) in [6.07, 6.45) is -3.95. The predicted octanol–water partition coefficient (Wildman–Crippen LogP) is 2.70. The Morgan fingerprint density at radius 2 is 2.06 bits per heavy atom. The summed E-state index contributed by atoms with van der Waals surface area (Å²) < 4.78 is 37.7. The van der Waals surface area contributed by atoms with Crippen molar-refractivity contribution >= 4 is 12.4 Å². The summed E-state index contributed by atoms with van der Waals surface area (Å²) in [5.74, 6) is 0. The van der Waals surface area contributed by atoms with E-state index in [-0.39, 0.29) is 18.4 Å². The Morgan fingerprint density at radius 3 is 2.56 bits per heavy atom. The zero-order valence-electron chi connectivity index (χ0n) is 9.79. The minimum Gasteiger partial charge on any atom is -0.383 e. The summed E-state index contributed by atoms with van der Waals surface area (Å²) in [4.78, 5) is 0. The van der Waals surface area contributed by atoms with E-state index in [4.69, 9.17) is 0 Å². The largest absolute Gasteiger partial charge is 0.416 e. The van der Waals surface area contributed by atoms with Gasteiger partial charge in [0.2, 0.25) is 0 Å². The standard InChI is InChI=1S/C12H14F3NO.ClH/c1-8-11(17,5-6-16-8)9-3-2-4-10(7-9)12(13,14)15;/h2-4,7-8,16-17H,5-6H2,1H3;1H. The first-order valence-electron chi connectivity index (χ1n) is 5.47. The lowest BCUT2D eigenvalue weighted by Gasteiger charge is -2.28. The van der Waals surface area contributed by atoms with Crippen LogP contribution >= 0.6 is 12.4 Å². The highest BCUT2D eigenvalue weighted by molar-refractivity contribution is 5.85. The molecule has 0 spiro atoms. The second kappa shape index (κ2) is 5.07. The Morgan fingerprint density at radius 1 is 1.39 bits per heavy atom. The summed E-state index contributed by atoms with van der Waals surface area (Å²) >= 11 is 0. The Hall–Kier alpha value is -0.780. The van der Waals surface area contributed by atoms with Gasteiger partial charge in [0, 0.05) is 6.04 Å². The fourth-order valence-electron chi connectivity index (χ4n) is 2.22. The molecule has 102 valence electrons. The maximum absolute atomic E-state index is 12.6. The molecular weight excluding hydrogens is 267 g/mol. The smallest absolute Gasteiger partial charge is 0.383 e. The molecule has 1 aliphatic rings. The van der Waals surface area contributed by atoms with Gasteiger partial charge < -0.3 is 10.4 Å². The molecule has 0 aliphatic carbocycles. The van der Waals surface area contributed by atoms with Gasteiger partial charge >= 0.3 is 6.18 Å². The van der Waals surface area contributed by atoms with E-state index in [0.29, 0.717) is 18.5 Å². The van der Waals surface area contributed by atoms with E-state index in [0.717, 1.165) is 12.1 Å². The molecule has 18 heavy (non-hydrogen) atoms. The minimum absolute atomic E-state index is 0. The van der Waals surface area contributed by atoms with Gasteiger partial charge in [-0.15, -0.1) is 12.4 Å². The Kier molecular flexibility index (Phi) is 4.30. The maximum atomic E-state index is 12.6. The summed E-state index contributed by atoms with van der Waals surface area (Å²) in [6, 6.07) is 4.68. The number of aliphatic hydroxyl groups is 1. The average molecular weight is 282 g/mol. The molecule has 6 heteroatoms. The number of hydrogen-bond donors (Lipinski definition) is 2. The normalized spacial score (nSPS) is 27.9. The van der Waals surface area contributed by atoms with Gasteiger partial charge in [-0.3, -0.25) is 0 Å². The highest BCUT2D eigenvalue weighted by Gasteiger charge is 2.41. The third kappa shape index (κ3) is 2.63. The van der Waals surface area contributed by atoms with Crippen LogP contribution < -0.4 is 5.32 Å². The molecular formula is C12H15ClF3NO. The molecule has 0 radical (unpaired) electrons. The molecule has 1 saturated heterocycles. The first-order valence-corrected chi connectivity index (χ1v) is 5.47. The Labute approximate surface area is 110 Å². The van der Waals surface area contributed by atoms with Gasteiger partial charge in [-0.1, -0.05) is 12.1 Å². The monoisotopic (exact) mass is 281 g/mol. The van der Waals surface area contributed by atoms with E-state index >= 15 is 0 Å². The molecule has 2 nitrogen and oxygen atoms in total. The molecule has 0 amide bonds. The van der Waals surface area contributed by atoms with E-state index < -0.39 is 17.3 Å². The molecule has 0 bridgehead atoms. The van der Waals surface area contributed by atoms with Gasteiger partial charge in [0.05, 0.1) is 5.56 Å². The van der Waals surface area contributed by atoms with E-state index in [1.165, 1.54) is 6.07 Å². The van der Waals surface area contributed by atoms with Crippen LogP contribution in [0.5, 0.6) is 0 Å². The van der Waals surface area contributed by atoms with Crippen LogP contribution in [0.25, 0.3) is 0 Å². The van der Waals surface area contributed by atoms with Crippen molar-refractivity contribution in [1.82, 2.24) is 5.32 Å². The van der Waals surface area contributed by atoms with Crippen LogP contribution in [-0.2, 0) is 11.8 Å². The molecule has 2 unspecified atom stereocenters. The summed E-state index contributed by atoms with van der Waals surface area (Å²) in [7, 11) is 0. The van der Waals surface area contributed by atoms with Gasteiger partial charge in [0.25, 0.3) is 0 Å². The number of hydrogen-bond acceptors (Lipinski definition) is 2. The molecule has 0 saturated carbocycles. The molecule has 1 aliphatic heterocycles. The van der Waals surface area contributed by atoms with Crippen molar-refractivity contribution in [3.63, 3.8) is 0 Å². The van der Waals surface area contributed by atoms with Crippen molar-refractivity contribution in [3.05, 3.63) is 35.4 Å². The van der Waals surface area contributed by atoms with Gasteiger partial charge in [-0.05, 0) is 37.6 Å². The highest BCUT2D eigenvalue weighted by atomic mass is 35.5. The Bertz CT molecular complexity index is 424. The highest BCUT2D eigenvalue weighted by Crippen LogP contribution is 2.36. The van der Waals surface area contributed by atoms with E-state index in [1.54, 1.807) is 13.0 Å². The lowest BCUT2D eigenvalue weighted by molar-refractivity contribution is -0.137. The van der Waals surface area contributed by atoms with Crippen molar-refractivity contribution in [2.24, 2.45) is 0 Å². The lowest BCUT2D eigenvalue weighted by atomic mass is 9.86. The topological polar surface area (TPSA) is 32.3 Å². The van der Waals surface area contributed by atoms with Gasteiger partial charge in [0.15, 0.2) is 0 Å². The van der Waals surface area contributed by atoms with Crippen molar-refractivity contribution in [1.29, 1.82) is 0 Å². The molecule has 1 aromatic rings. The summed E-state index contributed by atoms with van der Waals surface area (Å²) in [5.41, 5.74) is -1.60. The number of nitrogens with one attached hydrogen (secondary N) is 1. The van der Waals surface area contributed by atoms with Crippen molar-refractivity contribution < 1.29 is 18.3 Å². The first-order chi connectivity index (χ1) is 7.84.